The van der Waals surface area contributed by atoms with Gasteiger partial charge in [0.2, 0.25) is 6.17 Å². The predicted octanol–water partition coefficient (Wildman–Crippen LogP) is 2.38. The van der Waals surface area contributed by atoms with Gasteiger partial charge in [0.05, 0.1) is 0 Å². The number of alkyl halides is 1. The van der Waals surface area contributed by atoms with Gasteiger partial charge in [-0.15, -0.1) is 0 Å². The number of halogens is 1. The minimum atomic E-state index is -2.15. The lowest BCUT2D eigenvalue weighted by atomic mass is 9.73. The van der Waals surface area contributed by atoms with Crippen molar-refractivity contribution in [3.8, 4) is 0 Å². The summed E-state index contributed by atoms with van der Waals surface area (Å²) < 4.78 is 13.5. The van der Waals surface area contributed by atoms with Crippen molar-refractivity contribution < 1.29 is 19.4 Å². The molecule has 0 aromatic carbocycles. The lowest BCUT2D eigenvalue weighted by Crippen LogP contribution is -2.47. The highest BCUT2D eigenvalue weighted by molar-refractivity contribution is 5.73. The van der Waals surface area contributed by atoms with E-state index in [4.69, 9.17) is 5.11 Å². The van der Waals surface area contributed by atoms with Crippen molar-refractivity contribution >= 4 is 5.97 Å². The number of hydrogen-bond acceptors (Lipinski definition) is 2. The maximum atomic E-state index is 13.5. The minimum Gasteiger partial charge on any atom is -0.479 e. The van der Waals surface area contributed by atoms with Crippen molar-refractivity contribution in [2.45, 2.75) is 57.7 Å². The molecule has 0 heterocycles. The van der Waals surface area contributed by atoms with Crippen LogP contribution in [-0.2, 0) is 4.79 Å². The molecule has 1 aliphatic carbocycles. The highest BCUT2D eigenvalue weighted by Gasteiger charge is 2.45. The van der Waals surface area contributed by atoms with Crippen LogP contribution in [0.4, 0.5) is 4.39 Å². The Bertz CT molecular complexity index is 255. The predicted molar refractivity (Wildman–Crippen MR) is 58.9 cm³/mol. The molecule has 16 heavy (non-hydrogen) atoms. The second kappa shape index (κ2) is 5.13. The molecule has 1 aliphatic rings. The van der Waals surface area contributed by atoms with Crippen molar-refractivity contribution in [2.75, 3.05) is 0 Å². The molecule has 94 valence electrons. The van der Waals surface area contributed by atoms with E-state index >= 15 is 0 Å². The molecule has 4 heteroatoms. The van der Waals surface area contributed by atoms with Crippen LogP contribution in [0.3, 0.4) is 0 Å². The number of aliphatic hydroxyl groups is 1. The SMILES string of the molecule is CC(C)CC1CCCC(O)(C(F)C(=O)O)C1. The van der Waals surface area contributed by atoms with E-state index in [1.54, 1.807) is 0 Å². The molecule has 3 atom stereocenters. The van der Waals surface area contributed by atoms with E-state index in [2.05, 4.69) is 13.8 Å². The third kappa shape index (κ3) is 3.17. The first-order valence-electron chi connectivity index (χ1n) is 5.94. The molecule has 3 nitrogen and oxygen atoms in total. The Balaban J connectivity index is 2.64. The van der Waals surface area contributed by atoms with Gasteiger partial charge in [0, 0.05) is 0 Å². The van der Waals surface area contributed by atoms with Gasteiger partial charge in [0.25, 0.3) is 0 Å². The summed E-state index contributed by atoms with van der Waals surface area (Å²) in [5.74, 6) is -0.806. The average molecular weight is 232 g/mol. The van der Waals surface area contributed by atoms with Gasteiger partial charge in [0.15, 0.2) is 0 Å². The molecule has 0 aromatic rings. The maximum absolute atomic E-state index is 13.5. The third-order valence-corrected chi connectivity index (χ3v) is 3.36. The van der Waals surface area contributed by atoms with E-state index in [0.29, 0.717) is 12.3 Å². The first kappa shape index (κ1) is 13.4. The van der Waals surface area contributed by atoms with Crippen LogP contribution in [-0.4, -0.2) is 28.0 Å². The zero-order valence-electron chi connectivity index (χ0n) is 9.95. The van der Waals surface area contributed by atoms with Gasteiger partial charge in [-0.3, -0.25) is 0 Å². The van der Waals surface area contributed by atoms with E-state index in [1.807, 2.05) is 0 Å². The number of carboxylic acids is 1. The van der Waals surface area contributed by atoms with Gasteiger partial charge in [-0.25, -0.2) is 9.18 Å². The monoisotopic (exact) mass is 232 g/mol. The van der Waals surface area contributed by atoms with Crippen LogP contribution in [0, 0.1) is 11.8 Å². The fourth-order valence-corrected chi connectivity index (χ4v) is 2.73. The van der Waals surface area contributed by atoms with E-state index in [1.165, 1.54) is 0 Å². The smallest absolute Gasteiger partial charge is 0.341 e. The standard InChI is InChI=1S/C12H21FO3/c1-8(2)6-9-4-3-5-12(16,7-9)10(13)11(14)15/h8-10,16H,3-7H2,1-2H3,(H,14,15). The molecule has 0 aliphatic heterocycles. The van der Waals surface area contributed by atoms with Gasteiger partial charge in [-0.1, -0.05) is 26.7 Å². The van der Waals surface area contributed by atoms with Crippen LogP contribution in [0.15, 0.2) is 0 Å². The molecule has 0 saturated heterocycles. The van der Waals surface area contributed by atoms with Crippen molar-refractivity contribution in [3.05, 3.63) is 0 Å². The lowest BCUT2D eigenvalue weighted by molar-refractivity contribution is -0.159. The van der Waals surface area contributed by atoms with E-state index in [0.717, 1.165) is 12.8 Å². The largest absolute Gasteiger partial charge is 0.479 e. The summed E-state index contributed by atoms with van der Waals surface area (Å²) in [7, 11) is 0. The number of carboxylic acid groups (broad SMARTS) is 1. The zero-order chi connectivity index (χ0) is 12.3. The molecule has 2 N–H and O–H groups in total. The van der Waals surface area contributed by atoms with Gasteiger partial charge >= 0.3 is 5.97 Å². The van der Waals surface area contributed by atoms with E-state index in [-0.39, 0.29) is 18.8 Å². The summed E-state index contributed by atoms with van der Waals surface area (Å²) in [5.41, 5.74) is -1.65. The van der Waals surface area contributed by atoms with Gasteiger partial charge in [0.1, 0.15) is 5.60 Å². The normalized spacial score (nSPS) is 32.7. The summed E-state index contributed by atoms with van der Waals surface area (Å²) >= 11 is 0. The first-order valence-corrected chi connectivity index (χ1v) is 5.94. The summed E-state index contributed by atoms with van der Waals surface area (Å²) in [4.78, 5) is 10.6. The second-order valence-electron chi connectivity index (χ2n) is 5.40. The molecule has 1 fully saturated rings. The number of carbonyl (C=O) groups is 1. The quantitative estimate of drug-likeness (QED) is 0.782. The second-order valence-corrected chi connectivity index (χ2v) is 5.40. The van der Waals surface area contributed by atoms with Gasteiger partial charge < -0.3 is 10.2 Å². The zero-order valence-corrected chi connectivity index (χ0v) is 9.95. The minimum absolute atomic E-state index is 0.247. The lowest BCUT2D eigenvalue weighted by Gasteiger charge is -2.38. The Kier molecular flexibility index (Phi) is 4.30. The summed E-state index contributed by atoms with van der Waals surface area (Å²) in [5, 5.41) is 18.7. The van der Waals surface area contributed by atoms with Gasteiger partial charge in [-0.2, -0.15) is 0 Å². The molecule has 0 aromatic heterocycles. The van der Waals surface area contributed by atoms with Crippen molar-refractivity contribution in [1.82, 2.24) is 0 Å². The molecule has 0 bridgehead atoms. The Morgan fingerprint density at radius 2 is 2.19 bits per heavy atom. The Morgan fingerprint density at radius 3 is 2.69 bits per heavy atom. The van der Waals surface area contributed by atoms with Crippen molar-refractivity contribution in [3.63, 3.8) is 0 Å². The topological polar surface area (TPSA) is 57.5 Å². The summed E-state index contributed by atoms with van der Waals surface area (Å²) in [6.45, 7) is 4.16. The molecule has 0 spiro atoms. The number of hydrogen-bond donors (Lipinski definition) is 2. The fourth-order valence-electron chi connectivity index (χ4n) is 2.73. The highest BCUT2D eigenvalue weighted by Crippen LogP contribution is 2.38. The number of aliphatic carboxylic acids is 1. The first-order chi connectivity index (χ1) is 7.35. The Labute approximate surface area is 95.7 Å². The Hall–Kier alpha value is -0.640. The van der Waals surface area contributed by atoms with Crippen molar-refractivity contribution in [2.24, 2.45) is 11.8 Å². The van der Waals surface area contributed by atoms with Crippen LogP contribution >= 0.6 is 0 Å². The maximum Gasteiger partial charge on any atom is 0.341 e. The molecule has 0 radical (unpaired) electrons. The summed E-state index contributed by atoms with van der Waals surface area (Å²) in [6, 6.07) is 0. The molecular formula is C12H21FO3. The molecule has 0 amide bonds. The van der Waals surface area contributed by atoms with Gasteiger partial charge in [-0.05, 0) is 31.1 Å². The van der Waals surface area contributed by atoms with E-state index in [9.17, 15) is 14.3 Å². The van der Waals surface area contributed by atoms with E-state index < -0.39 is 17.7 Å². The molecule has 1 rings (SSSR count). The average Bonchev–Trinajstić information content (AvgIpc) is 2.15. The van der Waals surface area contributed by atoms with Crippen molar-refractivity contribution in [1.29, 1.82) is 0 Å². The highest BCUT2D eigenvalue weighted by atomic mass is 19.1. The van der Waals surface area contributed by atoms with Crippen LogP contribution < -0.4 is 0 Å². The fraction of sp³-hybridized carbons (Fsp3) is 0.917. The van der Waals surface area contributed by atoms with Crippen LogP contribution in [0.2, 0.25) is 0 Å². The molecule has 1 saturated carbocycles. The summed E-state index contributed by atoms with van der Waals surface area (Å²) in [6.07, 6.45) is 0.985. The molecular weight excluding hydrogens is 211 g/mol. The third-order valence-electron chi connectivity index (χ3n) is 3.36. The Morgan fingerprint density at radius 1 is 1.56 bits per heavy atom. The van der Waals surface area contributed by atoms with Crippen LogP contribution in [0.5, 0.6) is 0 Å². The van der Waals surface area contributed by atoms with Crippen LogP contribution in [0.25, 0.3) is 0 Å². The number of rotatable bonds is 4. The molecule has 3 unspecified atom stereocenters. The van der Waals surface area contributed by atoms with Crippen LogP contribution in [0.1, 0.15) is 46.0 Å².